The summed E-state index contributed by atoms with van der Waals surface area (Å²) in [6.45, 7) is 4.44. The van der Waals surface area contributed by atoms with Crippen LogP contribution in [0.3, 0.4) is 0 Å². The Balaban J connectivity index is 3.62. The molecule has 0 heterocycles. The zero-order valence-electron chi connectivity index (χ0n) is 6.52. The van der Waals surface area contributed by atoms with Crippen molar-refractivity contribution < 1.29 is 13.0 Å². The highest BCUT2D eigenvalue weighted by Gasteiger charge is 2.05. The quantitative estimate of drug-likeness (QED) is 0.476. The molecule has 11 heavy (non-hydrogen) atoms. The molecule has 0 atom stereocenters. The van der Waals surface area contributed by atoms with Crippen LogP contribution in [0.15, 0.2) is 12.7 Å². The molecule has 66 valence electrons. The van der Waals surface area contributed by atoms with Crippen LogP contribution in [-0.2, 0) is 10.1 Å². The fourth-order valence-electron chi connectivity index (χ4n) is 0.583. The van der Waals surface area contributed by atoms with Gasteiger partial charge in [0.15, 0.2) is 0 Å². The van der Waals surface area contributed by atoms with Crippen LogP contribution in [0, 0.1) is 0 Å². The van der Waals surface area contributed by atoms with E-state index in [1.165, 1.54) is 0 Å². The number of rotatable bonds is 5. The lowest BCUT2D eigenvalue weighted by molar-refractivity contribution is 0.384. The Hall–Kier alpha value is -0.390. The van der Waals surface area contributed by atoms with Crippen molar-refractivity contribution in [3.8, 4) is 0 Å². The first-order valence-corrected chi connectivity index (χ1v) is 4.81. The molecular weight excluding hydrogens is 166 g/mol. The van der Waals surface area contributed by atoms with Crippen LogP contribution in [0.2, 0.25) is 0 Å². The van der Waals surface area contributed by atoms with Gasteiger partial charge in [0.25, 0.3) is 10.1 Å². The van der Waals surface area contributed by atoms with Crippen LogP contribution >= 0.6 is 0 Å². The maximum Gasteiger partial charge on any atom is 0.266 e. The Morgan fingerprint density at radius 3 is 2.55 bits per heavy atom. The van der Waals surface area contributed by atoms with Crippen LogP contribution in [0.25, 0.3) is 0 Å². The van der Waals surface area contributed by atoms with E-state index < -0.39 is 10.1 Å². The molecule has 0 unspecified atom stereocenters. The topological polar surface area (TPSA) is 57.6 Å². The van der Waals surface area contributed by atoms with Crippen LogP contribution in [0.5, 0.6) is 0 Å². The summed E-state index contributed by atoms with van der Waals surface area (Å²) < 4.78 is 28.8. The van der Waals surface area contributed by atoms with Gasteiger partial charge < -0.3 is 4.90 Å². The fraction of sp³-hybridized carbons (Fsp3) is 0.667. The van der Waals surface area contributed by atoms with Crippen molar-refractivity contribution in [2.24, 2.45) is 0 Å². The van der Waals surface area contributed by atoms with Gasteiger partial charge in [0.1, 0.15) is 0 Å². The first-order valence-electron chi connectivity index (χ1n) is 3.20. The summed E-state index contributed by atoms with van der Waals surface area (Å²) in [4.78, 5) is 1.75. The van der Waals surface area contributed by atoms with Gasteiger partial charge in [-0.2, -0.15) is 8.42 Å². The Kier molecular flexibility index (Phi) is 4.32. The molecule has 0 bridgehead atoms. The van der Waals surface area contributed by atoms with Gasteiger partial charge in [-0.1, -0.05) is 6.08 Å². The van der Waals surface area contributed by atoms with E-state index in [1.54, 1.807) is 18.0 Å². The highest BCUT2D eigenvalue weighted by molar-refractivity contribution is 7.85. The minimum Gasteiger partial charge on any atom is -0.302 e. The van der Waals surface area contributed by atoms with Gasteiger partial charge in [0.05, 0.1) is 5.75 Å². The minimum absolute atomic E-state index is 0.225. The third-order valence-corrected chi connectivity index (χ3v) is 1.87. The minimum atomic E-state index is -3.81. The summed E-state index contributed by atoms with van der Waals surface area (Å²) in [6.07, 6.45) is 1.67. The second-order valence-electron chi connectivity index (χ2n) is 2.34. The van der Waals surface area contributed by atoms with Gasteiger partial charge in [0.2, 0.25) is 0 Å². The molecule has 0 aliphatic heterocycles. The molecule has 0 saturated heterocycles. The van der Waals surface area contributed by atoms with Crippen molar-refractivity contribution in [3.63, 3.8) is 0 Å². The van der Waals surface area contributed by atoms with Gasteiger partial charge in [0, 0.05) is 13.1 Å². The van der Waals surface area contributed by atoms with E-state index in [0.717, 1.165) is 0 Å². The van der Waals surface area contributed by atoms with Crippen LogP contribution < -0.4 is 0 Å². The Bertz CT molecular complexity index is 210. The monoisotopic (exact) mass is 179 g/mol. The maximum absolute atomic E-state index is 10.2. The van der Waals surface area contributed by atoms with Gasteiger partial charge in [-0.15, -0.1) is 6.58 Å². The Labute approximate surface area is 67.3 Å². The third-order valence-electron chi connectivity index (χ3n) is 1.17. The van der Waals surface area contributed by atoms with E-state index in [2.05, 4.69) is 6.58 Å². The van der Waals surface area contributed by atoms with Crippen molar-refractivity contribution >= 4 is 10.1 Å². The highest BCUT2D eigenvalue weighted by Crippen LogP contribution is 1.86. The molecule has 0 radical (unpaired) electrons. The molecule has 1 N–H and O–H groups in total. The summed E-state index contributed by atoms with van der Waals surface area (Å²) in [5.74, 6) is -0.225. The van der Waals surface area contributed by atoms with Crippen molar-refractivity contribution in [2.75, 3.05) is 25.9 Å². The molecule has 0 amide bonds. The number of hydrogen-bond donors (Lipinski definition) is 1. The lowest BCUT2D eigenvalue weighted by atomic mass is 10.5. The van der Waals surface area contributed by atoms with Gasteiger partial charge >= 0.3 is 0 Å². The molecule has 0 aromatic rings. The van der Waals surface area contributed by atoms with Gasteiger partial charge in [-0.3, -0.25) is 4.55 Å². The summed E-state index contributed by atoms with van der Waals surface area (Å²) in [6, 6.07) is 0. The summed E-state index contributed by atoms with van der Waals surface area (Å²) in [7, 11) is -2.06. The molecule has 0 saturated carbocycles. The third kappa shape index (κ3) is 7.51. The maximum atomic E-state index is 10.2. The zero-order chi connectivity index (χ0) is 8.91. The molecule has 0 rings (SSSR count). The molecular formula is C6H13NO3S. The predicted octanol–water partition coefficient (Wildman–Crippen LogP) is -0.00800. The molecule has 0 aromatic carbocycles. The predicted molar refractivity (Wildman–Crippen MR) is 44.1 cm³/mol. The van der Waals surface area contributed by atoms with Crippen LogP contribution in [0.4, 0.5) is 0 Å². The SMILES string of the molecule is C=CCN(C)CCS(=O)(=O)O. The number of hydrogen-bond acceptors (Lipinski definition) is 3. The van der Waals surface area contributed by atoms with E-state index in [9.17, 15) is 8.42 Å². The van der Waals surface area contributed by atoms with E-state index in [4.69, 9.17) is 4.55 Å². The molecule has 0 aromatic heterocycles. The van der Waals surface area contributed by atoms with Gasteiger partial charge in [-0.25, -0.2) is 0 Å². The number of likely N-dealkylation sites (N-methyl/N-ethyl adjacent to an activating group) is 1. The molecule has 0 spiro atoms. The first-order chi connectivity index (χ1) is 4.95. The van der Waals surface area contributed by atoms with Crippen molar-refractivity contribution in [2.45, 2.75) is 0 Å². The zero-order valence-corrected chi connectivity index (χ0v) is 7.34. The standard InChI is InChI=1S/C6H13NO3S/c1-3-4-7(2)5-6-11(8,9)10/h3H,1,4-6H2,2H3,(H,8,9,10). The lowest BCUT2D eigenvalue weighted by Gasteiger charge is -2.11. The fourth-order valence-corrected chi connectivity index (χ4v) is 1.13. The van der Waals surface area contributed by atoms with Gasteiger partial charge in [-0.05, 0) is 7.05 Å². The summed E-state index contributed by atoms with van der Waals surface area (Å²) in [5.41, 5.74) is 0. The van der Waals surface area contributed by atoms with E-state index in [-0.39, 0.29) is 5.75 Å². The second kappa shape index (κ2) is 4.48. The molecule has 0 aliphatic rings. The van der Waals surface area contributed by atoms with Crippen molar-refractivity contribution in [3.05, 3.63) is 12.7 Å². The molecule has 4 nitrogen and oxygen atoms in total. The Morgan fingerprint density at radius 1 is 1.64 bits per heavy atom. The molecule has 5 heteroatoms. The second-order valence-corrected chi connectivity index (χ2v) is 3.91. The average Bonchev–Trinajstić information content (AvgIpc) is 1.83. The summed E-state index contributed by atoms with van der Waals surface area (Å²) in [5, 5.41) is 0. The van der Waals surface area contributed by atoms with Crippen LogP contribution in [-0.4, -0.2) is 43.8 Å². The van der Waals surface area contributed by atoms with E-state index >= 15 is 0 Å². The van der Waals surface area contributed by atoms with Crippen LogP contribution in [0.1, 0.15) is 0 Å². The molecule has 0 aliphatic carbocycles. The van der Waals surface area contributed by atoms with Crippen molar-refractivity contribution in [1.82, 2.24) is 4.90 Å². The Morgan fingerprint density at radius 2 is 2.18 bits per heavy atom. The largest absolute Gasteiger partial charge is 0.302 e. The number of nitrogens with zero attached hydrogens (tertiary/aromatic N) is 1. The molecule has 0 fully saturated rings. The average molecular weight is 179 g/mol. The normalized spacial score (nSPS) is 11.9. The van der Waals surface area contributed by atoms with Crippen molar-refractivity contribution in [1.29, 1.82) is 0 Å². The van der Waals surface area contributed by atoms with E-state index in [1.807, 2.05) is 0 Å². The highest BCUT2D eigenvalue weighted by atomic mass is 32.2. The smallest absolute Gasteiger partial charge is 0.266 e. The first kappa shape index (κ1) is 10.6. The lowest BCUT2D eigenvalue weighted by Crippen LogP contribution is -2.25. The van der Waals surface area contributed by atoms with E-state index in [0.29, 0.717) is 13.1 Å². The summed E-state index contributed by atoms with van der Waals surface area (Å²) >= 11 is 0.